The molecule has 5 heteroatoms. The molecule has 2 atom stereocenters. The number of halogens is 2. The van der Waals surface area contributed by atoms with E-state index < -0.39 is 11.6 Å². The highest BCUT2D eigenvalue weighted by atomic mass is 19.2. The van der Waals surface area contributed by atoms with Gasteiger partial charge in [-0.2, -0.15) is 0 Å². The highest BCUT2D eigenvalue weighted by Gasteiger charge is 2.24. The molecular weight excluding hydrogens is 286 g/mol. The molecule has 0 spiro atoms. The van der Waals surface area contributed by atoms with E-state index in [1.54, 1.807) is 6.07 Å². The third-order valence-electron chi connectivity index (χ3n) is 4.29. The average molecular weight is 310 g/mol. The van der Waals surface area contributed by atoms with Crippen LogP contribution in [0.5, 0.6) is 0 Å². The van der Waals surface area contributed by atoms with Crippen LogP contribution in [-0.4, -0.2) is 25.5 Å². The molecule has 2 unspecified atom stereocenters. The molecule has 2 rings (SSSR count). The lowest BCUT2D eigenvalue weighted by atomic mass is 10.0. The second-order valence-electron chi connectivity index (χ2n) is 6.13. The Morgan fingerprint density at radius 2 is 2.18 bits per heavy atom. The minimum Gasteiger partial charge on any atom is -0.371 e. The zero-order chi connectivity index (χ0) is 16.1. The molecule has 1 heterocycles. The molecule has 122 valence electrons. The second kappa shape index (κ2) is 7.56. The van der Waals surface area contributed by atoms with Gasteiger partial charge < -0.3 is 10.2 Å². The van der Waals surface area contributed by atoms with Gasteiger partial charge in [-0.25, -0.2) is 8.78 Å². The number of nitrogens with one attached hydrogen (secondary N) is 1. The van der Waals surface area contributed by atoms with Gasteiger partial charge in [0, 0.05) is 37.3 Å². The van der Waals surface area contributed by atoms with Crippen LogP contribution in [0.1, 0.15) is 33.1 Å². The van der Waals surface area contributed by atoms with Crippen LogP contribution in [0, 0.1) is 23.5 Å². The van der Waals surface area contributed by atoms with Gasteiger partial charge in [0.15, 0.2) is 11.6 Å². The summed E-state index contributed by atoms with van der Waals surface area (Å²) in [7, 11) is 0. The molecule has 1 fully saturated rings. The van der Waals surface area contributed by atoms with Crippen molar-refractivity contribution in [1.29, 1.82) is 0 Å². The normalized spacial score (nSPS) is 19.3. The molecule has 1 aromatic rings. The molecule has 1 aromatic carbocycles. The minimum absolute atomic E-state index is 0.0497. The predicted octanol–water partition coefficient (Wildman–Crippen LogP) is 3.34. The maximum Gasteiger partial charge on any atom is 0.222 e. The highest BCUT2D eigenvalue weighted by molar-refractivity contribution is 5.78. The van der Waals surface area contributed by atoms with Gasteiger partial charge in [-0.1, -0.05) is 20.3 Å². The van der Waals surface area contributed by atoms with E-state index >= 15 is 0 Å². The zero-order valence-corrected chi connectivity index (χ0v) is 13.2. The van der Waals surface area contributed by atoms with Crippen molar-refractivity contribution in [2.45, 2.75) is 33.1 Å². The van der Waals surface area contributed by atoms with Gasteiger partial charge in [0.1, 0.15) is 0 Å². The fourth-order valence-corrected chi connectivity index (χ4v) is 2.90. The first-order valence-corrected chi connectivity index (χ1v) is 7.99. The van der Waals surface area contributed by atoms with Crippen molar-refractivity contribution in [3.05, 3.63) is 29.8 Å². The first kappa shape index (κ1) is 16.7. The summed E-state index contributed by atoms with van der Waals surface area (Å²) in [4.78, 5) is 13.9. The smallest absolute Gasteiger partial charge is 0.222 e. The lowest BCUT2D eigenvalue weighted by Crippen LogP contribution is -2.34. The van der Waals surface area contributed by atoms with Crippen molar-refractivity contribution in [3.63, 3.8) is 0 Å². The van der Waals surface area contributed by atoms with E-state index in [9.17, 15) is 13.6 Å². The summed E-state index contributed by atoms with van der Waals surface area (Å²) in [5.74, 6) is -1.13. The first-order valence-electron chi connectivity index (χ1n) is 7.99. The maximum absolute atomic E-state index is 13.3. The summed E-state index contributed by atoms with van der Waals surface area (Å²) in [6, 6.07) is 3.99. The van der Waals surface area contributed by atoms with Gasteiger partial charge in [-0.15, -0.1) is 0 Å². The summed E-state index contributed by atoms with van der Waals surface area (Å²) in [6.07, 6.45) is 2.85. The number of anilines is 1. The Kier molecular flexibility index (Phi) is 5.75. The minimum atomic E-state index is -0.823. The summed E-state index contributed by atoms with van der Waals surface area (Å²) in [5, 5.41) is 3.00. The molecular formula is C17H24F2N2O. The SMILES string of the molecule is CCCC(C)C(=O)NCC1CCN(c2ccc(F)c(F)c2)C1. The molecule has 1 N–H and O–H groups in total. The summed E-state index contributed by atoms with van der Waals surface area (Å²) >= 11 is 0. The molecule has 0 aliphatic carbocycles. The van der Waals surface area contributed by atoms with Gasteiger partial charge >= 0.3 is 0 Å². The van der Waals surface area contributed by atoms with E-state index in [1.165, 1.54) is 6.07 Å². The van der Waals surface area contributed by atoms with Crippen molar-refractivity contribution in [2.24, 2.45) is 11.8 Å². The fourth-order valence-electron chi connectivity index (χ4n) is 2.90. The van der Waals surface area contributed by atoms with E-state index in [-0.39, 0.29) is 11.8 Å². The van der Waals surface area contributed by atoms with Crippen molar-refractivity contribution in [3.8, 4) is 0 Å². The Morgan fingerprint density at radius 1 is 1.41 bits per heavy atom. The Bertz CT molecular complexity index is 521. The molecule has 0 aromatic heterocycles. The van der Waals surface area contributed by atoms with Crippen LogP contribution in [0.4, 0.5) is 14.5 Å². The van der Waals surface area contributed by atoms with E-state index in [4.69, 9.17) is 0 Å². The van der Waals surface area contributed by atoms with Crippen LogP contribution in [0.3, 0.4) is 0 Å². The standard InChI is InChI=1S/C17H24F2N2O/c1-3-4-12(2)17(22)20-10-13-7-8-21(11-13)14-5-6-15(18)16(19)9-14/h5-6,9,12-13H,3-4,7-8,10-11H2,1-2H3,(H,20,22). The zero-order valence-electron chi connectivity index (χ0n) is 13.2. The van der Waals surface area contributed by atoms with Gasteiger partial charge in [0.25, 0.3) is 0 Å². The van der Waals surface area contributed by atoms with Crippen LogP contribution >= 0.6 is 0 Å². The molecule has 1 aliphatic heterocycles. The van der Waals surface area contributed by atoms with E-state index in [0.717, 1.165) is 38.4 Å². The van der Waals surface area contributed by atoms with Crippen molar-refractivity contribution in [1.82, 2.24) is 5.32 Å². The first-order chi connectivity index (χ1) is 10.5. The molecule has 3 nitrogen and oxygen atoms in total. The van der Waals surface area contributed by atoms with Crippen LogP contribution in [0.15, 0.2) is 18.2 Å². The number of hydrogen-bond acceptors (Lipinski definition) is 2. The lowest BCUT2D eigenvalue weighted by Gasteiger charge is -2.19. The van der Waals surface area contributed by atoms with Crippen molar-refractivity contribution in [2.75, 3.05) is 24.5 Å². The fraction of sp³-hybridized carbons (Fsp3) is 0.588. The van der Waals surface area contributed by atoms with Crippen LogP contribution in [-0.2, 0) is 4.79 Å². The van der Waals surface area contributed by atoms with Gasteiger partial charge in [-0.05, 0) is 30.9 Å². The van der Waals surface area contributed by atoms with Gasteiger partial charge in [-0.3, -0.25) is 4.79 Å². The monoisotopic (exact) mass is 310 g/mol. The van der Waals surface area contributed by atoms with Crippen molar-refractivity contribution >= 4 is 11.6 Å². The second-order valence-corrected chi connectivity index (χ2v) is 6.13. The average Bonchev–Trinajstić information content (AvgIpc) is 2.96. The number of hydrogen-bond donors (Lipinski definition) is 1. The number of benzene rings is 1. The highest BCUT2D eigenvalue weighted by Crippen LogP contribution is 2.25. The quantitative estimate of drug-likeness (QED) is 0.874. The third-order valence-corrected chi connectivity index (χ3v) is 4.29. The Balaban J connectivity index is 1.82. The molecule has 1 amide bonds. The lowest BCUT2D eigenvalue weighted by molar-refractivity contribution is -0.124. The van der Waals surface area contributed by atoms with Gasteiger partial charge in [0.05, 0.1) is 0 Å². The molecule has 0 bridgehead atoms. The third kappa shape index (κ3) is 4.18. The number of rotatable bonds is 6. The Hall–Kier alpha value is -1.65. The van der Waals surface area contributed by atoms with Crippen LogP contribution in [0.25, 0.3) is 0 Å². The predicted molar refractivity (Wildman–Crippen MR) is 83.8 cm³/mol. The summed E-state index contributed by atoms with van der Waals surface area (Å²) in [6.45, 7) is 6.22. The van der Waals surface area contributed by atoms with E-state index in [0.29, 0.717) is 18.2 Å². The van der Waals surface area contributed by atoms with E-state index in [1.807, 2.05) is 11.8 Å². The molecule has 0 saturated carbocycles. The van der Waals surface area contributed by atoms with Crippen LogP contribution in [0.2, 0.25) is 0 Å². The molecule has 1 saturated heterocycles. The summed E-state index contributed by atoms with van der Waals surface area (Å²) < 4.78 is 26.3. The number of amides is 1. The Morgan fingerprint density at radius 3 is 2.86 bits per heavy atom. The topological polar surface area (TPSA) is 32.3 Å². The number of nitrogens with zero attached hydrogens (tertiary/aromatic N) is 1. The maximum atomic E-state index is 13.3. The largest absolute Gasteiger partial charge is 0.371 e. The van der Waals surface area contributed by atoms with Crippen LogP contribution < -0.4 is 10.2 Å². The number of carbonyl (C=O) groups is 1. The molecule has 1 aliphatic rings. The molecule has 0 radical (unpaired) electrons. The summed E-state index contributed by atoms with van der Waals surface area (Å²) in [5.41, 5.74) is 0.701. The number of carbonyl (C=O) groups excluding carboxylic acids is 1. The van der Waals surface area contributed by atoms with Gasteiger partial charge in [0.2, 0.25) is 5.91 Å². The molecule has 22 heavy (non-hydrogen) atoms. The van der Waals surface area contributed by atoms with E-state index in [2.05, 4.69) is 12.2 Å². The van der Waals surface area contributed by atoms with Crippen molar-refractivity contribution < 1.29 is 13.6 Å². The Labute approximate surface area is 130 Å².